The van der Waals surface area contributed by atoms with Crippen molar-refractivity contribution in [3.8, 4) is 17.2 Å². The lowest BCUT2D eigenvalue weighted by atomic mass is 9.99. The number of rotatable bonds is 10. The van der Waals surface area contributed by atoms with Gasteiger partial charge in [-0.2, -0.15) is 15.1 Å². The van der Waals surface area contributed by atoms with Gasteiger partial charge in [-0.25, -0.2) is 0 Å². The van der Waals surface area contributed by atoms with Gasteiger partial charge < -0.3 is 14.2 Å². The maximum Gasteiger partial charge on any atom is 0.283 e. The number of nitrogens with one attached hydrogen (secondary N) is 1. The summed E-state index contributed by atoms with van der Waals surface area (Å²) in [5.74, 6) is 1.96. The van der Waals surface area contributed by atoms with E-state index in [-0.39, 0.29) is 11.4 Å². The molecule has 2 aromatic rings. The number of aliphatic imine (C=N–C) groups is 1. The molecule has 2 aliphatic rings. The zero-order valence-electron chi connectivity index (χ0n) is 20.9. The van der Waals surface area contributed by atoms with E-state index in [1.165, 1.54) is 22.3 Å². The molecule has 4 rings (SSSR count). The molecular weight excluding hydrogens is 476 g/mol. The van der Waals surface area contributed by atoms with Crippen LogP contribution in [0.15, 0.2) is 58.1 Å². The van der Waals surface area contributed by atoms with Crippen molar-refractivity contribution in [2.45, 2.75) is 39.5 Å². The molecule has 0 aromatic heterocycles. The van der Waals surface area contributed by atoms with Crippen molar-refractivity contribution in [3.63, 3.8) is 0 Å². The molecule has 8 nitrogen and oxygen atoms in total. The SMILES string of the molecule is CCC1=NN2C(=N)/C(=C\c3ccc(OCCOc4ccc(C(C)CC)cc4)c(OC)c3)C(=O)N=C2S1. The Bertz CT molecular complexity index is 1240. The average molecular weight is 507 g/mol. The Morgan fingerprint density at radius 2 is 1.83 bits per heavy atom. The average Bonchev–Trinajstić information content (AvgIpc) is 3.32. The lowest BCUT2D eigenvalue weighted by Gasteiger charge is -2.20. The Morgan fingerprint density at radius 1 is 1.08 bits per heavy atom. The third kappa shape index (κ3) is 5.62. The van der Waals surface area contributed by atoms with Crippen molar-refractivity contribution in [2.75, 3.05) is 20.3 Å². The number of nitrogens with zero attached hydrogens (tertiary/aromatic N) is 3. The lowest BCUT2D eigenvalue weighted by molar-refractivity contribution is -0.114. The Kier molecular flexibility index (Phi) is 8.10. The third-order valence-electron chi connectivity index (χ3n) is 5.97. The number of hydrogen-bond donors (Lipinski definition) is 1. The highest BCUT2D eigenvalue weighted by Crippen LogP contribution is 2.32. The van der Waals surface area contributed by atoms with Crippen LogP contribution >= 0.6 is 11.8 Å². The number of thioether (sulfide) groups is 1. The number of fused-ring (bicyclic) bond motifs is 1. The monoisotopic (exact) mass is 506 g/mol. The van der Waals surface area contributed by atoms with Gasteiger partial charge in [0, 0.05) is 0 Å². The molecule has 0 spiro atoms. The molecule has 188 valence electrons. The van der Waals surface area contributed by atoms with Crippen LogP contribution in [0.2, 0.25) is 0 Å². The summed E-state index contributed by atoms with van der Waals surface area (Å²) in [6.07, 6.45) is 3.44. The summed E-state index contributed by atoms with van der Waals surface area (Å²) in [6, 6.07) is 13.5. The number of amidine groups is 2. The zero-order valence-corrected chi connectivity index (χ0v) is 21.7. The predicted molar refractivity (Wildman–Crippen MR) is 144 cm³/mol. The molecule has 0 radical (unpaired) electrons. The van der Waals surface area contributed by atoms with Crippen LogP contribution in [0.5, 0.6) is 17.2 Å². The molecular formula is C27H30N4O4S. The highest BCUT2D eigenvalue weighted by molar-refractivity contribution is 8.26. The highest BCUT2D eigenvalue weighted by atomic mass is 32.2. The van der Waals surface area contributed by atoms with E-state index in [0.717, 1.165) is 23.6 Å². The first kappa shape index (κ1) is 25.5. The van der Waals surface area contributed by atoms with Crippen molar-refractivity contribution in [3.05, 3.63) is 59.2 Å². The molecule has 0 saturated carbocycles. The lowest BCUT2D eigenvalue weighted by Crippen LogP contribution is -2.35. The van der Waals surface area contributed by atoms with E-state index in [9.17, 15) is 4.79 Å². The van der Waals surface area contributed by atoms with Crippen LogP contribution < -0.4 is 14.2 Å². The van der Waals surface area contributed by atoms with E-state index >= 15 is 0 Å². The molecule has 0 aliphatic carbocycles. The van der Waals surface area contributed by atoms with Gasteiger partial charge in [0.25, 0.3) is 5.91 Å². The van der Waals surface area contributed by atoms with Gasteiger partial charge in [-0.1, -0.05) is 39.0 Å². The number of ether oxygens (including phenoxy) is 3. The molecule has 1 unspecified atom stereocenters. The summed E-state index contributed by atoms with van der Waals surface area (Å²) < 4.78 is 17.2. The van der Waals surface area contributed by atoms with Gasteiger partial charge in [0.05, 0.1) is 12.7 Å². The molecule has 2 aliphatic heterocycles. The minimum absolute atomic E-state index is 0.00887. The van der Waals surface area contributed by atoms with Crippen molar-refractivity contribution in [2.24, 2.45) is 10.1 Å². The number of carbonyl (C=O) groups is 1. The summed E-state index contributed by atoms with van der Waals surface area (Å²) >= 11 is 1.32. The van der Waals surface area contributed by atoms with Crippen molar-refractivity contribution >= 4 is 39.8 Å². The first-order valence-corrected chi connectivity index (χ1v) is 12.8. The number of carbonyl (C=O) groups excluding carboxylic acids is 1. The first-order valence-electron chi connectivity index (χ1n) is 12.0. The minimum atomic E-state index is -0.458. The van der Waals surface area contributed by atoms with Crippen LogP contribution in [0, 0.1) is 5.41 Å². The molecule has 0 saturated heterocycles. The van der Waals surface area contributed by atoms with Gasteiger partial charge in [-0.3, -0.25) is 10.2 Å². The van der Waals surface area contributed by atoms with E-state index in [1.54, 1.807) is 31.4 Å². The second kappa shape index (κ2) is 11.4. The summed E-state index contributed by atoms with van der Waals surface area (Å²) in [5.41, 5.74) is 2.16. The summed E-state index contributed by atoms with van der Waals surface area (Å²) in [7, 11) is 1.56. The van der Waals surface area contributed by atoms with Crippen LogP contribution in [0.1, 0.15) is 50.7 Å². The molecule has 1 amide bonds. The fraction of sp³-hybridized carbons (Fsp3) is 0.333. The van der Waals surface area contributed by atoms with Gasteiger partial charge >= 0.3 is 0 Å². The predicted octanol–water partition coefficient (Wildman–Crippen LogP) is 5.70. The van der Waals surface area contributed by atoms with E-state index in [0.29, 0.717) is 41.4 Å². The Labute approximate surface area is 215 Å². The molecule has 36 heavy (non-hydrogen) atoms. The number of hydrazone groups is 1. The summed E-state index contributed by atoms with van der Waals surface area (Å²) in [6.45, 7) is 7.09. The molecule has 2 heterocycles. The van der Waals surface area contributed by atoms with Crippen molar-refractivity contribution in [1.29, 1.82) is 5.41 Å². The minimum Gasteiger partial charge on any atom is -0.493 e. The number of hydrogen-bond acceptors (Lipinski definition) is 7. The maximum absolute atomic E-state index is 12.6. The highest BCUT2D eigenvalue weighted by Gasteiger charge is 2.35. The molecule has 9 heteroatoms. The molecule has 0 fully saturated rings. The number of methoxy groups -OCH3 is 1. The smallest absolute Gasteiger partial charge is 0.283 e. The standard InChI is InChI=1S/C27H30N4O4S/c1-5-17(3)19-8-10-20(11-9-19)34-13-14-35-22-12-7-18(16-23(22)33-4)15-21-25(28)31-27(29-26(21)32)36-24(6-2)30-31/h7-12,15-17,28H,5-6,13-14H2,1-4H3/b21-15+,28-25?. The van der Waals surface area contributed by atoms with Crippen LogP contribution in [-0.2, 0) is 4.79 Å². The molecule has 1 N–H and O–H groups in total. The fourth-order valence-corrected chi connectivity index (χ4v) is 4.50. The van der Waals surface area contributed by atoms with Crippen LogP contribution in [-0.4, -0.2) is 47.3 Å². The fourth-order valence-electron chi connectivity index (χ4n) is 3.67. The van der Waals surface area contributed by atoms with E-state index < -0.39 is 5.91 Å². The first-order chi connectivity index (χ1) is 17.4. The third-order valence-corrected chi connectivity index (χ3v) is 7.02. The second-order valence-corrected chi connectivity index (χ2v) is 9.39. The van der Waals surface area contributed by atoms with Gasteiger partial charge in [-0.15, -0.1) is 0 Å². The van der Waals surface area contributed by atoms with Crippen molar-refractivity contribution in [1.82, 2.24) is 5.01 Å². The van der Waals surface area contributed by atoms with E-state index in [2.05, 4.69) is 36.1 Å². The van der Waals surface area contributed by atoms with Gasteiger partial charge in [0.15, 0.2) is 17.3 Å². The van der Waals surface area contributed by atoms with E-state index in [1.807, 2.05) is 19.1 Å². The Morgan fingerprint density at radius 3 is 2.53 bits per heavy atom. The second-order valence-electron chi connectivity index (χ2n) is 8.35. The quantitative estimate of drug-likeness (QED) is 0.328. The summed E-state index contributed by atoms with van der Waals surface area (Å²) in [5, 5.41) is 15.5. The topological polar surface area (TPSA) is 96.6 Å². The van der Waals surface area contributed by atoms with Gasteiger partial charge in [-0.05, 0) is 72.0 Å². The van der Waals surface area contributed by atoms with Gasteiger partial charge in [0.2, 0.25) is 5.17 Å². The van der Waals surface area contributed by atoms with Crippen LogP contribution in [0.25, 0.3) is 6.08 Å². The Hall–Kier alpha value is -3.59. The van der Waals surface area contributed by atoms with Crippen molar-refractivity contribution < 1.29 is 19.0 Å². The van der Waals surface area contributed by atoms with Crippen LogP contribution in [0.3, 0.4) is 0 Å². The largest absolute Gasteiger partial charge is 0.493 e. The zero-order chi connectivity index (χ0) is 25.7. The number of amides is 1. The molecule has 2 aromatic carbocycles. The Balaban J connectivity index is 1.38. The van der Waals surface area contributed by atoms with E-state index in [4.69, 9.17) is 19.6 Å². The number of benzene rings is 2. The molecule has 0 bridgehead atoms. The van der Waals surface area contributed by atoms with Crippen LogP contribution in [0.4, 0.5) is 0 Å². The summed E-state index contributed by atoms with van der Waals surface area (Å²) in [4.78, 5) is 16.7. The maximum atomic E-state index is 12.6. The molecule has 1 atom stereocenters. The normalized spacial score (nSPS) is 17.0. The van der Waals surface area contributed by atoms with Gasteiger partial charge in [0.1, 0.15) is 24.0 Å².